The minimum Gasteiger partial charge on any atom is -0.492 e. The highest BCUT2D eigenvalue weighted by atomic mass is 32.1. The number of rotatable bonds is 7. The van der Waals surface area contributed by atoms with E-state index in [4.69, 9.17) is 4.74 Å². The predicted molar refractivity (Wildman–Crippen MR) is 103 cm³/mol. The van der Waals surface area contributed by atoms with E-state index < -0.39 is 0 Å². The second kappa shape index (κ2) is 8.45. The number of H-pyrrole nitrogens is 1. The number of thiazole rings is 1. The lowest BCUT2D eigenvalue weighted by Crippen LogP contribution is -2.28. The number of benzene rings is 1. The maximum atomic E-state index is 12.1. The molecule has 0 saturated heterocycles. The first-order valence-corrected chi connectivity index (χ1v) is 9.15. The molecule has 3 rings (SSSR count). The lowest BCUT2D eigenvalue weighted by Gasteiger charge is -2.08. The van der Waals surface area contributed by atoms with Crippen molar-refractivity contribution in [3.63, 3.8) is 0 Å². The van der Waals surface area contributed by atoms with Gasteiger partial charge in [-0.3, -0.25) is 14.7 Å². The Morgan fingerprint density at radius 3 is 2.93 bits per heavy atom. The average molecular weight is 385 g/mol. The fourth-order valence-corrected chi connectivity index (χ4v) is 3.14. The number of aromatic nitrogens is 3. The highest BCUT2D eigenvalue weighted by Crippen LogP contribution is 2.25. The van der Waals surface area contributed by atoms with Crippen LogP contribution in [0.5, 0.6) is 5.75 Å². The molecule has 3 N–H and O–H groups in total. The van der Waals surface area contributed by atoms with Gasteiger partial charge in [0.05, 0.1) is 12.7 Å². The minimum atomic E-state index is -0.311. The van der Waals surface area contributed by atoms with Crippen LogP contribution < -0.4 is 15.4 Å². The molecule has 140 valence electrons. The summed E-state index contributed by atoms with van der Waals surface area (Å²) in [5.74, 6) is 0.177. The number of hydrogen-bond donors (Lipinski definition) is 3. The first-order valence-electron chi connectivity index (χ1n) is 8.27. The Hall–Kier alpha value is -3.20. The first-order chi connectivity index (χ1) is 13.0. The van der Waals surface area contributed by atoms with Gasteiger partial charge in [-0.2, -0.15) is 5.10 Å². The Bertz CT molecular complexity index is 950. The van der Waals surface area contributed by atoms with Crippen LogP contribution in [0.2, 0.25) is 0 Å². The van der Waals surface area contributed by atoms with Crippen molar-refractivity contribution >= 4 is 28.3 Å². The van der Waals surface area contributed by atoms with E-state index in [2.05, 4.69) is 25.8 Å². The predicted octanol–water partition coefficient (Wildman–Crippen LogP) is 2.61. The van der Waals surface area contributed by atoms with Crippen LogP contribution in [0.4, 0.5) is 5.13 Å². The summed E-state index contributed by atoms with van der Waals surface area (Å²) in [4.78, 5) is 27.1. The number of hydrogen-bond acceptors (Lipinski definition) is 6. The second-order valence-corrected chi connectivity index (χ2v) is 6.62. The van der Waals surface area contributed by atoms with Gasteiger partial charge in [0.1, 0.15) is 18.1 Å². The molecule has 9 heteroatoms. The zero-order valence-electron chi connectivity index (χ0n) is 14.9. The van der Waals surface area contributed by atoms with Crippen LogP contribution in [0.25, 0.3) is 11.1 Å². The van der Waals surface area contributed by atoms with E-state index in [-0.39, 0.29) is 17.5 Å². The van der Waals surface area contributed by atoms with Crippen molar-refractivity contribution in [3.8, 4) is 16.9 Å². The molecule has 2 heterocycles. The van der Waals surface area contributed by atoms with E-state index in [1.54, 1.807) is 11.6 Å². The van der Waals surface area contributed by atoms with Gasteiger partial charge in [-0.25, -0.2) is 4.98 Å². The van der Waals surface area contributed by atoms with Crippen LogP contribution in [-0.4, -0.2) is 40.1 Å². The Kier molecular flexibility index (Phi) is 5.82. The largest absolute Gasteiger partial charge is 0.492 e. The van der Waals surface area contributed by atoms with Gasteiger partial charge in [0.25, 0.3) is 5.91 Å². The Morgan fingerprint density at radius 2 is 2.19 bits per heavy atom. The Morgan fingerprint density at radius 1 is 1.33 bits per heavy atom. The summed E-state index contributed by atoms with van der Waals surface area (Å²) in [5.41, 5.74) is 3.28. The molecule has 0 spiro atoms. The van der Waals surface area contributed by atoms with E-state index in [1.165, 1.54) is 18.3 Å². The standard InChI is InChI=1S/C18H19N5O3S/c1-11-15(9-20-23-11)13-4-3-5-14(8-13)26-7-6-19-17(25)16-10-27-18(22-16)21-12(2)24/h3-5,8-10H,6-7H2,1-2H3,(H,19,25)(H,20,23)(H,21,22,24). The molecule has 1 aromatic carbocycles. The summed E-state index contributed by atoms with van der Waals surface area (Å²) in [6.07, 6.45) is 1.78. The number of amides is 2. The number of ether oxygens (including phenoxy) is 1. The summed E-state index contributed by atoms with van der Waals surface area (Å²) in [6, 6.07) is 7.69. The zero-order valence-corrected chi connectivity index (χ0v) is 15.7. The van der Waals surface area contributed by atoms with Crippen LogP contribution >= 0.6 is 11.3 Å². The number of carbonyl (C=O) groups is 2. The first kappa shape index (κ1) is 18.6. The SMILES string of the molecule is CC(=O)Nc1nc(C(=O)NCCOc2cccc(-c3cn[nH]c3C)c2)cs1. The molecule has 0 radical (unpaired) electrons. The quantitative estimate of drug-likeness (QED) is 0.542. The van der Waals surface area contributed by atoms with Crippen molar-refractivity contribution in [2.45, 2.75) is 13.8 Å². The fraction of sp³-hybridized carbons (Fsp3) is 0.222. The molecule has 0 bridgehead atoms. The summed E-state index contributed by atoms with van der Waals surface area (Å²) in [7, 11) is 0. The van der Waals surface area contributed by atoms with Gasteiger partial charge in [-0.05, 0) is 24.6 Å². The Labute approximate surface area is 160 Å². The maximum absolute atomic E-state index is 12.1. The summed E-state index contributed by atoms with van der Waals surface area (Å²) in [5, 5.41) is 14.2. The van der Waals surface area contributed by atoms with Crippen molar-refractivity contribution in [2.24, 2.45) is 0 Å². The lowest BCUT2D eigenvalue weighted by molar-refractivity contribution is -0.114. The number of nitrogens with one attached hydrogen (secondary N) is 3. The number of carbonyl (C=O) groups excluding carboxylic acids is 2. The normalized spacial score (nSPS) is 10.4. The summed E-state index contributed by atoms with van der Waals surface area (Å²) in [6.45, 7) is 4.01. The van der Waals surface area contributed by atoms with Gasteiger partial charge in [-0.15, -0.1) is 11.3 Å². The topological polar surface area (TPSA) is 109 Å². The molecule has 27 heavy (non-hydrogen) atoms. The molecular weight excluding hydrogens is 366 g/mol. The molecule has 0 aliphatic heterocycles. The number of nitrogens with zero attached hydrogens (tertiary/aromatic N) is 2. The van der Waals surface area contributed by atoms with E-state index in [0.29, 0.717) is 24.0 Å². The van der Waals surface area contributed by atoms with Crippen LogP contribution in [0.1, 0.15) is 23.1 Å². The Balaban J connectivity index is 1.49. The molecule has 0 aliphatic carbocycles. The highest BCUT2D eigenvalue weighted by molar-refractivity contribution is 7.14. The van der Waals surface area contributed by atoms with Crippen molar-refractivity contribution < 1.29 is 14.3 Å². The smallest absolute Gasteiger partial charge is 0.270 e. The highest BCUT2D eigenvalue weighted by Gasteiger charge is 2.11. The van der Waals surface area contributed by atoms with Gasteiger partial charge in [0, 0.05) is 23.6 Å². The van der Waals surface area contributed by atoms with Crippen molar-refractivity contribution in [1.82, 2.24) is 20.5 Å². The van der Waals surface area contributed by atoms with Crippen LogP contribution in [0, 0.1) is 6.92 Å². The molecule has 0 atom stereocenters. The molecule has 0 fully saturated rings. The van der Waals surface area contributed by atoms with Gasteiger partial charge < -0.3 is 15.4 Å². The van der Waals surface area contributed by atoms with Crippen LogP contribution in [0.15, 0.2) is 35.8 Å². The second-order valence-electron chi connectivity index (χ2n) is 5.76. The van der Waals surface area contributed by atoms with Crippen LogP contribution in [0.3, 0.4) is 0 Å². The third kappa shape index (κ3) is 4.91. The van der Waals surface area contributed by atoms with Crippen molar-refractivity contribution in [2.75, 3.05) is 18.5 Å². The summed E-state index contributed by atoms with van der Waals surface area (Å²) < 4.78 is 5.71. The van der Waals surface area contributed by atoms with E-state index in [0.717, 1.165) is 16.8 Å². The molecule has 0 unspecified atom stereocenters. The van der Waals surface area contributed by atoms with Gasteiger partial charge in [0.2, 0.25) is 5.91 Å². The minimum absolute atomic E-state index is 0.224. The molecule has 0 saturated carbocycles. The molecular formula is C18H19N5O3S. The van der Waals surface area contributed by atoms with E-state index in [9.17, 15) is 9.59 Å². The summed E-state index contributed by atoms with van der Waals surface area (Å²) >= 11 is 1.20. The average Bonchev–Trinajstić information content (AvgIpc) is 3.27. The number of aromatic amines is 1. The van der Waals surface area contributed by atoms with E-state index in [1.807, 2.05) is 31.2 Å². The fourth-order valence-electron chi connectivity index (χ4n) is 2.41. The zero-order chi connectivity index (χ0) is 19.2. The number of anilines is 1. The van der Waals surface area contributed by atoms with E-state index >= 15 is 0 Å². The third-order valence-corrected chi connectivity index (χ3v) is 4.41. The molecule has 3 aromatic rings. The van der Waals surface area contributed by atoms with Gasteiger partial charge in [0.15, 0.2) is 5.13 Å². The molecule has 2 amide bonds. The van der Waals surface area contributed by atoms with Gasteiger partial charge in [-0.1, -0.05) is 12.1 Å². The molecule has 8 nitrogen and oxygen atoms in total. The molecule has 2 aromatic heterocycles. The molecule has 0 aliphatic rings. The van der Waals surface area contributed by atoms with Crippen molar-refractivity contribution in [1.29, 1.82) is 0 Å². The lowest BCUT2D eigenvalue weighted by atomic mass is 10.1. The van der Waals surface area contributed by atoms with Crippen LogP contribution in [-0.2, 0) is 4.79 Å². The van der Waals surface area contributed by atoms with Crippen molar-refractivity contribution in [3.05, 3.63) is 47.2 Å². The number of aryl methyl sites for hydroxylation is 1. The van der Waals surface area contributed by atoms with Gasteiger partial charge >= 0.3 is 0 Å². The third-order valence-electron chi connectivity index (χ3n) is 3.65. The monoisotopic (exact) mass is 385 g/mol. The maximum Gasteiger partial charge on any atom is 0.270 e.